The fourth-order valence-electron chi connectivity index (χ4n) is 5.02. The Morgan fingerprint density at radius 3 is 2.41 bits per heavy atom. The Morgan fingerprint density at radius 2 is 1.71 bits per heavy atom. The number of hydrogen-bond donors (Lipinski definition) is 2. The van der Waals surface area contributed by atoms with Crippen LogP contribution in [0.25, 0.3) is 11.1 Å². The molecule has 4 atom stereocenters. The summed E-state index contributed by atoms with van der Waals surface area (Å²) in [5, 5.41) is 12.3. The van der Waals surface area contributed by atoms with Crippen LogP contribution in [-0.4, -0.2) is 48.9 Å². The van der Waals surface area contributed by atoms with Gasteiger partial charge in [-0.15, -0.1) is 6.58 Å². The Bertz CT molecular complexity index is 1310. The van der Waals surface area contributed by atoms with Crippen LogP contribution < -0.4 is 5.32 Å². The summed E-state index contributed by atoms with van der Waals surface area (Å²) >= 11 is 0. The van der Waals surface area contributed by atoms with Gasteiger partial charge in [-0.2, -0.15) is 0 Å². The normalized spacial score (nSPS) is 20.4. The molecule has 3 aromatic rings. The first-order valence-corrected chi connectivity index (χ1v) is 13.9. The monoisotopic (exact) mass is 556 g/mol. The summed E-state index contributed by atoms with van der Waals surface area (Å²) in [6, 6.07) is 24.2. The summed E-state index contributed by atoms with van der Waals surface area (Å²) < 4.78 is 18.2. The lowest BCUT2D eigenvalue weighted by atomic mass is 9.90. The number of aliphatic hydroxyl groups excluding tert-OH is 1. The van der Waals surface area contributed by atoms with Crippen molar-refractivity contribution in [2.45, 2.75) is 38.6 Å². The van der Waals surface area contributed by atoms with Crippen LogP contribution in [0.15, 0.2) is 98.1 Å². The number of hydrogen-bond acceptors (Lipinski definition) is 6. The number of ether oxygens (including phenoxy) is 3. The average Bonchev–Trinajstić information content (AvgIpc) is 3.00. The molecule has 0 radical (unpaired) electrons. The van der Waals surface area contributed by atoms with E-state index in [0.717, 1.165) is 46.5 Å². The molecule has 216 valence electrons. The van der Waals surface area contributed by atoms with Gasteiger partial charge < -0.3 is 29.5 Å². The van der Waals surface area contributed by atoms with Crippen molar-refractivity contribution in [1.82, 2.24) is 10.2 Å². The summed E-state index contributed by atoms with van der Waals surface area (Å²) in [5.41, 5.74) is 5.86. The first-order valence-electron chi connectivity index (χ1n) is 13.9. The molecule has 0 unspecified atom stereocenters. The van der Waals surface area contributed by atoms with E-state index in [1.807, 2.05) is 60.7 Å². The molecule has 2 N–H and O–H groups in total. The quantitative estimate of drug-likeness (QED) is 0.260. The predicted molar refractivity (Wildman–Crippen MR) is 161 cm³/mol. The summed E-state index contributed by atoms with van der Waals surface area (Å²) in [7, 11) is 2.06. The average molecular weight is 557 g/mol. The molecule has 1 aliphatic rings. The van der Waals surface area contributed by atoms with Crippen molar-refractivity contribution in [1.29, 1.82) is 0 Å². The van der Waals surface area contributed by atoms with Crippen molar-refractivity contribution in [3.05, 3.63) is 120 Å². The van der Waals surface area contributed by atoms with Crippen LogP contribution in [0.2, 0.25) is 0 Å². The van der Waals surface area contributed by atoms with Crippen LogP contribution in [0.4, 0.5) is 4.79 Å². The standard InChI is InChI=1S/C34H40N2O5/c1-5-17-36(4)22-31-24(3)32(27-15-13-25(23-37)14-16-27)41-33(40-31)30-12-8-11-29(20-30)28-10-7-9-26(19-28)21-35-34(38)39-18-6-2/h5-16,19-20,24,31-33,37H,1-2,17-18,21-23H2,3-4H3,(H,35,38)/t24-,31+,32+,33+/m0/s1. The molecule has 4 rings (SSSR count). The first-order chi connectivity index (χ1) is 19.9. The Labute approximate surface area is 243 Å². The maximum absolute atomic E-state index is 11.8. The highest BCUT2D eigenvalue weighted by molar-refractivity contribution is 5.68. The van der Waals surface area contributed by atoms with Gasteiger partial charge in [0.15, 0.2) is 6.29 Å². The van der Waals surface area contributed by atoms with Crippen LogP contribution in [0, 0.1) is 5.92 Å². The number of nitrogens with zero attached hydrogens (tertiary/aromatic N) is 1. The van der Waals surface area contributed by atoms with Crippen molar-refractivity contribution in [3.63, 3.8) is 0 Å². The molecular formula is C34H40N2O5. The third kappa shape index (κ3) is 8.15. The van der Waals surface area contributed by atoms with Crippen LogP contribution in [0.1, 0.15) is 41.6 Å². The van der Waals surface area contributed by atoms with E-state index in [-0.39, 0.29) is 31.3 Å². The van der Waals surface area contributed by atoms with Gasteiger partial charge in [0.25, 0.3) is 0 Å². The minimum absolute atomic E-state index is 0.00547. The van der Waals surface area contributed by atoms with Gasteiger partial charge >= 0.3 is 6.09 Å². The van der Waals surface area contributed by atoms with Crippen molar-refractivity contribution in [2.24, 2.45) is 5.92 Å². The Hall–Kier alpha value is -3.75. The molecular weight excluding hydrogens is 516 g/mol. The number of benzene rings is 3. The first kappa shape index (κ1) is 30.2. The fraction of sp³-hybridized carbons (Fsp3) is 0.324. The summed E-state index contributed by atoms with van der Waals surface area (Å²) in [4.78, 5) is 14.0. The number of amides is 1. The second-order valence-electron chi connectivity index (χ2n) is 10.4. The molecule has 41 heavy (non-hydrogen) atoms. The maximum Gasteiger partial charge on any atom is 0.407 e. The van der Waals surface area contributed by atoms with E-state index in [4.69, 9.17) is 14.2 Å². The van der Waals surface area contributed by atoms with E-state index >= 15 is 0 Å². The molecule has 7 heteroatoms. The minimum Gasteiger partial charge on any atom is -0.445 e. The third-order valence-electron chi connectivity index (χ3n) is 7.24. The number of carbonyl (C=O) groups is 1. The number of likely N-dealkylation sites (N-methyl/N-ethyl adjacent to an activating group) is 1. The summed E-state index contributed by atoms with van der Waals surface area (Å²) in [6.07, 6.45) is 2.14. The third-order valence-corrected chi connectivity index (χ3v) is 7.24. The van der Waals surface area contributed by atoms with Crippen molar-refractivity contribution in [2.75, 3.05) is 26.7 Å². The van der Waals surface area contributed by atoms with Gasteiger partial charge in [-0.05, 0) is 47.0 Å². The van der Waals surface area contributed by atoms with Crippen LogP contribution in [0.3, 0.4) is 0 Å². The molecule has 0 spiro atoms. The number of carbonyl (C=O) groups excluding carboxylic acids is 1. The lowest BCUT2D eigenvalue weighted by Gasteiger charge is -2.42. The highest BCUT2D eigenvalue weighted by Gasteiger charge is 2.38. The number of aliphatic hydroxyl groups is 1. The van der Waals surface area contributed by atoms with Gasteiger partial charge in [-0.3, -0.25) is 0 Å². The van der Waals surface area contributed by atoms with Crippen molar-refractivity contribution >= 4 is 6.09 Å². The second-order valence-corrected chi connectivity index (χ2v) is 10.4. The highest BCUT2D eigenvalue weighted by Crippen LogP contribution is 2.42. The lowest BCUT2D eigenvalue weighted by Crippen LogP contribution is -2.43. The second kappa shape index (κ2) is 14.8. The van der Waals surface area contributed by atoms with Gasteiger partial charge in [0.2, 0.25) is 0 Å². The zero-order valence-electron chi connectivity index (χ0n) is 23.9. The van der Waals surface area contributed by atoms with E-state index in [9.17, 15) is 9.90 Å². The number of nitrogens with one attached hydrogen (secondary N) is 1. The number of rotatable bonds is 12. The molecule has 0 aliphatic carbocycles. The molecule has 1 amide bonds. The van der Waals surface area contributed by atoms with Gasteiger partial charge in [-0.1, -0.05) is 86.3 Å². The molecule has 0 aromatic heterocycles. The lowest BCUT2D eigenvalue weighted by molar-refractivity contribution is -0.275. The van der Waals surface area contributed by atoms with Crippen LogP contribution in [-0.2, 0) is 27.4 Å². The summed E-state index contributed by atoms with van der Waals surface area (Å²) in [5.74, 6) is 0.101. The predicted octanol–water partition coefficient (Wildman–Crippen LogP) is 6.17. The molecule has 0 bridgehead atoms. The molecule has 1 fully saturated rings. The Kier molecular flexibility index (Phi) is 10.9. The fourth-order valence-corrected chi connectivity index (χ4v) is 5.02. The van der Waals surface area contributed by atoms with E-state index in [2.05, 4.69) is 55.5 Å². The number of alkyl carbamates (subject to hydrolysis) is 1. The molecule has 1 saturated heterocycles. The molecule has 1 aliphatic heterocycles. The van der Waals surface area contributed by atoms with E-state index in [0.29, 0.717) is 6.54 Å². The largest absolute Gasteiger partial charge is 0.445 e. The minimum atomic E-state index is -0.555. The molecule has 1 heterocycles. The van der Waals surface area contributed by atoms with Gasteiger partial charge in [0.1, 0.15) is 6.61 Å². The summed E-state index contributed by atoms with van der Waals surface area (Å²) in [6.45, 7) is 11.6. The van der Waals surface area contributed by atoms with E-state index in [1.54, 1.807) is 0 Å². The highest BCUT2D eigenvalue weighted by atomic mass is 16.7. The van der Waals surface area contributed by atoms with Crippen molar-refractivity contribution in [3.8, 4) is 11.1 Å². The smallest absolute Gasteiger partial charge is 0.407 e. The van der Waals surface area contributed by atoms with Crippen molar-refractivity contribution < 1.29 is 24.1 Å². The van der Waals surface area contributed by atoms with Crippen LogP contribution >= 0.6 is 0 Å². The Balaban J connectivity index is 1.57. The van der Waals surface area contributed by atoms with E-state index < -0.39 is 12.4 Å². The molecule has 3 aromatic carbocycles. The van der Waals surface area contributed by atoms with E-state index in [1.165, 1.54) is 6.08 Å². The maximum atomic E-state index is 11.8. The SMILES string of the molecule is C=CCOC(=O)NCc1cccc(-c2cccc([C@@H]3O[C@H](CN(C)CC=C)[C@H](C)[C@H](c4ccc(CO)cc4)O3)c2)c1. The Morgan fingerprint density at radius 1 is 0.976 bits per heavy atom. The molecule has 7 nitrogen and oxygen atoms in total. The van der Waals surface area contributed by atoms with Gasteiger partial charge in [0, 0.05) is 31.1 Å². The van der Waals surface area contributed by atoms with Gasteiger partial charge in [-0.25, -0.2) is 4.79 Å². The molecule has 0 saturated carbocycles. The zero-order valence-corrected chi connectivity index (χ0v) is 23.9. The van der Waals surface area contributed by atoms with Gasteiger partial charge in [0.05, 0.1) is 18.8 Å². The van der Waals surface area contributed by atoms with Crippen LogP contribution in [0.5, 0.6) is 0 Å². The topological polar surface area (TPSA) is 80.3 Å². The zero-order chi connectivity index (χ0) is 29.2.